The van der Waals surface area contributed by atoms with Gasteiger partial charge in [-0.1, -0.05) is 0 Å². The van der Waals surface area contributed by atoms with Crippen LogP contribution < -0.4 is 15.8 Å². The highest BCUT2D eigenvalue weighted by Gasteiger charge is 2.27. The summed E-state index contributed by atoms with van der Waals surface area (Å²) in [6.07, 6.45) is 2.26. The Morgan fingerprint density at radius 2 is 1.90 bits per heavy atom. The highest BCUT2D eigenvalue weighted by molar-refractivity contribution is 6.35. The molecule has 3 N–H and O–H groups in total. The zero-order valence-electron chi connectivity index (χ0n) is 16.9. The molecular formula is C20H21F2N5O4. The Balaban J connectivity index is 1.73. The average Bonchev–Trinajstić information content (AvgIpc) is 2.75. The first-order valence-corrected chi connectivity index (χ1v) is 9.48. The minimum absolute atomic E-state index is 0.0716. The van der Waals surface area contributed by atoms with E-state index in [1.807, 2.05) is 0 Å². The summed E-state index contributed by atoms with van der Waals surface area (Å²) in [5.41, 5.74) is 5.09. The molecule has 0 saturated carbocycles. The van der Waals surface area contributed by atoms with Crippen LogP contribution in [-0.2, 0) is 9.59 Å². The molecule has 0 bridgehead atoms. The van der Waals surface area contributed by atoms with Gasteiger partial charge in [-0.05, 0) is 25.0 Å². The minimum Gasteiger partial charge on any atom is -0.496 e. The van der Waals surface area contributed by atoms with Crippen molar-refractivity contribution in [3.8, 4) is 5.75 Å². The van der Waals surface area contributed by atoms with Crippen molar-refractivity contribution in [2.45, 2.75) is 25.8 Å². The zero-order valence-corrected chi connectivity index (χ0v) is 16.9. The quantitative estimate of drug-likeness (QED) is 0.519. The molecular weight excluding hydrogens is 412 g/mol. The van der Waals surface area contributed by atoms with Gasteiger partial charge >= 0.3 is 0 Å². The van der Waals surface area contributed by atoms with E-state index in [1.54, 1.807) is 0 Å². The number of aromatic nitrogens is 2. The van der Waals surface area contributed by atoms with E-state index >= 15 is 0 Å². The summed E-state index contributed by atoms with van der Waals surface area (Å²) < 4.78 is 32.8. The maximum atomic E-state index is 14.2. The van der Waals surface area contributed by atoms with Crippen LogP contribution in [0.1, 0.15) is 35.7 Å². The first-order chi connectivity index (χ1) is 14.7. The number of ether oxygens (including phenoxy) is 1. The number of piperidine rings is 1. The number of nitrogens with zero attached hydrogens (tertiary/aromatic N) is 3. The van der Waals surface area contributed by atoms with E-state index in [1.165, 1.54) is 18.9 Å². The van der Waals surface area contributed by atoms with E-state index in [0.717, 1.165) is 18.3 Å². The van der Waals surface area contributed by atoms with Crippen molar-refractivity contribution < 1.29 is 27.9 Å². The molecule has 0 radical (unpaired) electrons. The van der Waals surface area contributed by atoms with Gasteiger partial charge in [0.15, 0.2) is 11.6 Å². The van der Waals surface area contributed by atoms with Gasteiger partial charge in [-0.3, -0.25) is 14.4 Å². The summed E-state index contributed by atoms with van der Waals surface area (Å²) in [5.74, 6) is -4.67. The number of nitrogen functional groups attached to an aromatic ring is 1. The maximum Gasteiger partial charge on any atom is 0.289 e. The molecule has 0 spiro atoms. The molecule has 1 fully saturated rings. The Morgan fingerprint density at radius 1 is 1.23 bits per heavy atom. The molecule has 1 aromatic carbocycles. The Hall–Kier alpha value is -3.63. The number of Topliss-reactive ketones (excluding diaryl/α,β-unsaturated/α-hetero) is 1. The molecule has 31 heavy (non-hydrogen) atoms. The number of halogens is 2. The Labute approximate surface area is 176 Å². The third kappa shape index (κ3) is 4.60. The summed E-state index contributed by atoms with van der Waals surface area (Å²) in [5, 5.41) is 3.06. The van der Waals surface area contributed by atoms with Crippen LogP contribution in [0.3, 0.4) is 0 Å². The molecule has 2 aromatic rings. The normalized spacial score (nSPS) is 14.3. The van der Waals surface area contributed by atoms with Crippen molar-refractivity contribution in [1.29, 1.82) is 0 Å². The molecule has 2 heterocycles. The first-order valence-electron chi connectivity index (χ1n) is 9.48. The number of ketones is 2. The van der Waals surface area contributed by atoms with E-state index < -0.39 is 34.7 Å². The molecule has 164 valence electrons. The number of nitrogens with two attached hydrogens (primary N) is 1. The largest absolute Gasteiger partial charge is 0.496 e. The Bertz CT molecular complexity index is 1040. The number of likely N-dealkylation sites (tertiary alicyclic amines) is 1. The Morgan fingerprint density at radius 3 is 2.48 bits per heavy atom. The lowest BCUT2D eigenvalue weighted by Crippen LogP contribution is -2.44. The predicted octanol–water partition coefficient (Wildman–Crippen LogP) is 1.57. The van der Waals surface area contributed by atoms with Crippen LogP contribution >= 0.6 is 0 Å². The van der Waals surface area contributed by atoms with Gasteiger partial charge in [0.25, 0.3) is 5.91 Å². The number of carbonyl (C=O) groups is 3. The van der Waals surface area contributed by atoms with Crippen molar-refractivity contribution >= 4 is 29.2 Å². The predicted molar refractivity (Wildman–Crippen MR) is 107 cm³/mol. The van der Waals surface area contributed by atoms with Crippen molar-refractivity contribution in [1.82, 2.24) is 14.9 Å². The molecule has 1 amide bonds. The van der Waals surface area contributed by atoms with E-state index in [2.05, 4.69) is 15.3 Å². The summed E-state index contributed by atoms with van der Waals surface area (Å²) in [7, 11) is 1.23. The van der Waals surface area contributed by atoms with Crippen LogP contribution in [0.15, 0.2) is 18.3 Å². The first kappa shape index (κ1) is 22.1. The molecule has 1 aromatic heterocycles. The Kier molecular flexibility index (Phi) is 6.42. The number of rotatable bonds is 6. The highest BCUT2D eigenvalue weighted by Crippen LogP contribution is 2.28. The number of methoxy groups -OCH3 is 1. The third-order valence-electron chi connectivity index (χ3n) is 4.98. The lowest BCUT2D eigenvalue weighted by atomic mass is 10.0. The van der Waals surface area contributed by atoms with Crippen LogP contribution in [-0.4, -0.2) is 58.6 Å². The lowest BCUT2D eigenvalue weighted by molar-refractivity contribution is -0.144. The van der Waals surface area contributed by atoms with Gasteiger partial charge in [-0.25, -0.2) is 13.8 Å². The molecule has 1 aliphatic heterocycles. The maximum absolute atomic E-state index is 14.2. The van der Waals surface area contributed by atoms with Crippen molar-refractivity contribution in [2.24, 2.45) is 0 Å². The van der Waals surface area contributed by atoms with Gasteiger partial charge in [-0.15, -0.1) is 0 Å². The van der Waals surface area contributed by atoms with Gasteiger partial charge < -0.3 is 20.7 Å². The number of benzene rings is 1. The fourth-order valence-electron chi connectivity index (χ4n) is 3.32. The topological polar surface area (TPSA) is 128 Å². The molecule has 0 aliphatic carbocycles. The smallest absolute Gasteiger partial charge is 0.289 e. The number of hydrogen-bond acceptors (Lipinski definition) is 8. The fourth-order valence-corrected chi connectivity index (χ4v) is 3.32. The van der Waals surface area contributed by atoms with Crippen LogP contribution in [0.2, 0.25) is 0 Å². The molecule has 1 saturated heterocycles. The minimum atomic E-state index is -1.35. The van der Waals surface area contributed by atoms with E-state index in [0.29, 0.717) is 25.9 Å². The molecule has 0 unspecified atom stereocenters. The monoisotopic (exact) mass is 433 g/mol. The second-order valence-electron chi connectivity index (χ2n) is 7.03. The molecule has 9 nitrogen and oxygen atoms in total. The van der Waals surface area contributed by atoms with E-state index in [9.17, 15) is 23.2 Å². The standard InChI is InChI=1S/C20H21F2N5O4/c1-10(28)19(30)27-7-5-11(6-8-27)25-20-24-9-12(18(23)26-20)17(29)15-14(31-2)4-3-13(21)16(15)22/h3-4,9,11H,5-8H2,1-2H3,(H3,23,24,25,26). The number of nitrogens with one attached hydrogen (secondary N) is 1. The molecule has 3 rings (SSSR count). The molecule has 0 atom stereocenters. The van der Waals surface area contributed by atoms with Crippen LogP contribution in [0, 0.1) is 11.6 Å². The zero-order chi connectivity index (χ0) is 22.7. The third-order valence-corrected chi connectivity index (χ3v) is 4.98. The second kappa shape index (κ2) is 9.02. The highest BCUT2D eigenvalue weighted by atomic mass is 19.2. The summed E-state index contributed by atoms with van der Waals surface area (Å²) in [4.78, 5) is 45.3. The summed E-state index contributed by atoms with van der Waals surface area (Å²) in [6.45, 7) is 2.04. The number of amides is 1. The molecule has 11 heteroatoms. The van der Waals surface area contributed by atoms with E-state index in [-0.39, 0.29) is 29.1 Å². The van der Waals surface area contributed by atoms with Gasteiger partial charge in [0, 0.05) is 32.3 Å². The summed E-state index contributed by atoms with van der Waals surface area (Å²) >= 11 is 0. The summed E-state index contributed by atoms with van der Waals surface area (Å²) in [6, 6.07) is 1.92. The fraction of sp³-hybridized carbons (Fsp3) is 0.350. The van der Waals surface area contributed by atoms with Crippen molar-refractivity contribution in [3.63, 3.8) is 0 Å². The average molecular weight is 433 g/mol. The lowest BCUT2D eigenvalue weighted by Gasteiger charge is -2.31. The van der Waals surface area contributed by atoms with Gasteiger partial charge in [0.2, 0.25) is 17.5 Å². The second-order valence-corrected chi connectivity index (χ2v) is 7.03. The van der Waals surface area contributed by atoms with Gasteiger partial charge in [0.1, 0.15) is 17.1 Å². The van der Waals surface area contributed by atoms with Crippen molar-refractivity contribution in [3.05, 3.63) is 41.1 Å². The van der Waals surface area contributed by atoms with Crippen LogP contribution in [0.25, 0.3) is 0 Å². The van der Waals surface area contributed by atoms with Gasteiger partial charge in [-0.2, -0.15) is 4.98 Å². The van der Waals surface area contributed by atoms with Crippen molar-refractivity contribution in [2.75, 3.05) is 31.2 Å². The number of anilines is 2. The molecule has 1 aliphatic rings. The van der Waals surface area contributed by atoms with Gasteiger partial charge in [0.05, 0.1) is 12.7 Å². The SMILES string of the molecule is COc1ccc(F)c(F)c1C(=O)c1cnc(NC2CCN(C(=O)C(C)=O)CC2)nc1N. The number of carbonyl (C=O) groups excluding carboxylic acids is 3. The number of hydrogen-bond donors (Lipinski definition) is 2. The van der Waals surface area contributed by atoms with Crippen LogP contribution in [0.4, 0.5) is 20.5 Å². The van der Waals surface area contributed by atoms with Crippen LogP contribution in [0.5, 0.6) is 5.75 Å². The van der Waals surface area contributed by atoms with E-state index in [4.69, 9.17) is 10.5 Å².